The fraction of sp³-hybridized carbons (Fsp3) is 0.333. The van der Waals surface area contributed by atoms with E-state index in [-0.39, 0.29) is 0 Å². The van der Waals surface area contributed by atoms with Gasteiger partial charge in [0, 0.05) is 55.0 Å². The van der Waals surface area contributed by atoms with E-state index in [9.17, 15) is 0 Å². The molecule has 4 aromatic carbocycles. The molecule has 0 radical (unpaired) electrons. The molecule has 0 aromatic heterocycles. The molecule has 0 spiro atoms. The molecule has 4 N–H and O–H groups in total. The van der Waals surface area contributed by atoms with E-state index in [2.05, 4.69) is 167 Å². The number of benzene rings is 4. The topological polar surface area (TPSA) is 97.6 Å². The van der Waals surface area contributed by atoms with Crippen LogP contribution in [0.3, 0.4) is 0 Å². The predicted octanol–water partition coefficient (Wildman–Crippen LogP) is 6.08. The van der Waals surface area contributed by atoms with Gasteiger partial charge in [-0.1, -0.05) is 89.5 Å². The summed E-state index contributed by atoms with van der Waals surface area (Å²) in [6.45, 7) is 18.2. The summed E-state index contributed by atoms with van der Waals surface area (Å²) in [4.78, 5) is 17.5. The Morgan fingerprint density at radius 3 is 1.24 bits per heavy atom. The van der Waals surface area contributed by atoms with Crippen molar-refractivity contribution in [1.29, 1.82) is 0 Å². The molecule has 0 unspecified atom stereocenters. The van der Waals surface area contributed by atoms with Gasteiger partial charge in [-0.2, -0.15) is 0 Å². The number of nitrogens with zero attached hydrogens (tertiary/aromatic N) is 4. The van der Waals surface area contributed by atoms with Crippen LogP contribution in [-0.2, 0) is 0 Å². The Balaban J connectivity index is 0.000000130. The smallest absolute Gasteiger partial charge is 0.128 e. The van der Waals surface area contributed by atoms with Crippen molar-refractivity contribution in [3.05, 3.63) is 141 Å². The van der Waals surface area contributed by atoms with Crippen LogP contribution in [0.4, 0.5) is 0 Å². The minimum atomic E-state index is 0.905. The van der Waals surface area contributed by atoms with Crippen LogP contribution in [0, 0.1) is 34.6 Å². The molecule has 0 amide bonds. The maximum absolute atomic E-state index is 4.45. The molecule has 260 valence electrons. The second kappa shape index (κ2) is 18.5. The van der Waals surface area contributed by atoms with Gasteiger partial charge in [0.1, 0.15) is 23.3 Å². The number of aryl methyl sites for hydroxylation is 5. The monoisotopic (exact) mass is 668 g/mol. The summed E-state index contributed by atoms with van der Waals surface area (Å²) < 4.78 is 0. The highest BCUT2D eigenvalue weighted by Crippen LogP contribution is 2.11. The van der Waals surface area contributed by atoms with Crippen molar-refractivity contribution < 1.29 is 0 Å². The third kappa shape index (κ3) is 10.9. The molecule has 0 saturated heterocycles. The highest BCUT2D eigenvalue weighted by atomic mass is 15.1. The highest BCUT2D eigenvalue weighted by molar-refractivity contribution is 6.01. The van der Waals surface area contributed by atoms with Crippen LogP contribution in [-0.4, -0.2) is 75.7 Å². The molecule has 4 heterocycles. The Kier molecular flexibility index (Phi) is 13.3. The van der Waals surface area contributed by atoms with Crippen LogP contribution in [0.1, 0.15) is 56.5 Å². The SMILES string of the molecule is Cc1ccc(C2=NCCN2)cc1.Cc1ccc(C2=NCCN2)cc1C.Cc1cccc(C2=NCCCN2)c1.Cc1cccc(C2=NCCN2)c1. The molecule has 0 aliphatic carbocycles. The molecule has 4 aromatic rings. The largest absolute Gasteiger partial charge is 0.370 e. The maximum atomic E-state index is 4.45. The minimum absolute atomic E-state index is 0.905. The van der Waals surface area contributed by atoms with E-state index in [4.69, 9.17) is 0 Å². The van der Waals surface area contributed by atoms with E-state index in [1.807, 2.05) is 0 Å². The van der Waals surface area contributed by atoms with Crippen molar-refractivity contribution in [1.82, 2.24) is 21.3 Å². The predicted molar refractivity (Wildman–Crippen MR) is 212 cm³/mol. The van der Waals surface area contributed by atoms with E-state index >= 15 is 0 Å². The molecule has 0 bridgehead atoms. The van der Waals surface area contributed by atoms with Gasteiger partial charge in [0.15, 0.2) is 0 Å². The summed E-state index contributed by atoms with van der Waals surface area (Å²) in [7, 11) is 0. The number of hydrogen-bond acceptors (Lipinski definition) is 8. The number of aliphatic imine (C=N–C) groups is 4. The molecule has 4 aliphatic heterocycles. The van der Waals surface area contributed by atoms with Crippen molar-refractivity contribution >= 4 is 23.3 Å². The summed E-state index contributed by atoms with van der Waals surface area (Å²) in [6.07, 6.45) is 1.15. The summed E-state index contributed by atoms with van der Waals surface area (Å²) >= 11 is 0. The summed E-state index contributed by atoms with van der Waals surface area (Å²) in [5.41, 5.74) is 11.3. The Morgan fingerprint density at radius 2 is 0.820 bits per heavy atom. The van der Waals surface area contributed by atoms with Gasteiger partial charge in [0.25, 0.3) is 0 Å². The first-order chi connectivity index (χ1) is 24.4. The molecular formula is C42H52N8. The Bertz CT molecular complexity index is 1830. The fourth-order valence-corrected chi connectivity index (χ4v) is 5.68. The molecular weight excluding hydrogens is 617 g/mol. The van der Waals surface area contributed by atoms with Crippen LogP contribution < -0.4 is 21.3 Å². The van der Waals surface area contributed by atoms with Crippen LogP contribution in [0.25, 0.3) is 0 Å². The van der Waals surface area contributed by atoms with Crippen molar-refractivity contribution in [2.24, 2.45) is 20.0 Å². The van der Waals surface area contributed by atoms with Crippen molar-refractivity contribution in [3.8, 4) is 0 Å². The fourth-order valence-electron chi connectivity index (χ4n) is 5.68. The lowest BCUT2D eigenvalue weighted by molar-refractivity contribution is 0.742. The normalized spacial score (nSPS) is 15.7. The van der Waals surface area contributed by atoms with E-state index in [0.717, 1.165) is 82.1 Å². The molecule has 50 heavy (non-hydrogen) atoms. The third-order valence-electron chi connectivity index (χ3n) is 8.61. The quantitative estimate of drug-likeness (QED) is 0.212. The van der Waals surface area contributed by atoms with E-state index in [1.54, 1.807) is 0 Å². The van der Waals surface area contributed by atoms with Crippen molar-refractivity contribution in [2.45, 2.75) is 41.0 Å². The zero-order valence-corrected chi connectivity index (χ0v) is 30.3. The second-order valence-corrected chi connectivity index (χ2v) is 12.9. The van der Waals surface area contributed by atoms with Gasteiger partial charge < -0.3 is 21.3 Å². The molecule has 0 fully saturated rings. The molecule has 8 rings (SSSR count). The Morgan fingerprint density at radius 1 is 0.380 bits per heavy atom. The summed E-state index contributed by atoms with van der Waals surface area (Å²) in [5, 5.41) is 13.1. The Hall–Kier alpha value is -5.24. The first-order valence-corrected chi connectivity index (χ1v) is 17.8. The van der Waals surface area contributed by atoms with Crippen LogP contribution in [0.2, 0.25) is 0 Å². The number of hydrogen-bond donors (Lipinski definition) is 4. The molecule has 0 atom stereocenters. The average molecular weight is 669 g/mol. The average Bonchev–Trinajstić information content (AvgIpc) is 3.96. The lowest BCUT2D eigenvalue weighted by Crippen LogP contribution is -2.30. The number of nitrogens with one attached hydrogen (secondary N) is 4. The lowest BCUT2D eigenvalue weighted by Gasteiger charge is -2.14. The van der Waals surface area contributed by atoms with Gasteiger partial charge in [0.2, 0.25) is 0 Å². The van der Waals surface area contributed by atoms with Gasteiger partial charge in [0.05, 0.1) is 19.6 Å². The minimum Gasteiger partial charge on any atom is -0.370 e. The van der Waals surface area contributed by atoms with Gasteiger partial charge in [-0.25, -0.2) is 0 Å². The van der Waals surface area contributed by atoms with Crippen molar-refractivity contribution in [2.75, 3.05) is 52.4 Å². The molecule has 8 nitrogen and oxygen atoms in total. The Labute approximate surface area is 298 Å². The first-order valence-electron chi connectivity index (χ1n) is 17.8. The number of rotatable bonds is 4. The first kappa shape index (κ1) is 36.1. The van der Waals surface area contributed by atoms with Crippen LogP contribution >= 0.6 is 0 Å². The lowest BCUT2D eigenvalue weighted by atomic mass is 10.1. The van der Waals surface area contributed by atoms with E-state index in [0.29, 0.717) is 0 Å². The highest BCUT2D eigenvalue weighted by Gasteiger charge is 2.09. The maximum Gasteiger partial charge on any atom is 0.128 e. The van der Waals surface area contributed by atoms with Gasteiger partial charge >= 0.3 is 0 Å². The van der Waals surface area contributed by atoms with Gasteiger partial charge in [-0.3, -0.25) is 20.0 Å². The molecule has 0 saturated carbocycles. The van der Waals surface area contributed by atoms with Crippen LogP contribution in [0.5, 0.6) is 0 Å². The summed E-state index contributed by atoms with van der Waals surface area (Å²) in [5.74, 6) is 4.17. The standard InChI is InChI=1S/2C11H14N2.2C10H12N2/c1-8-3-4-10(7-9(8)2)11-12-5-6-13-11;1-9-4-2-5-10(8-9)11-12-6-3-7-13-11;1-8-2-4-9(5-3-8)10-11-6-7-12-10;1-8-3-2-4-9(7-8)10-11-5-6-12-10/h3-4,7H,5-6H2,1-2H3,(H,12,13);2,4-5,8H,3,6-7H2,1H3,(H,12,13);2-5H,6-7H2,1H3,(H,11,12);2-4,7H,5-6H2,1H3,(H,11,12). The summed E-state index contributed by atoms with van der Waals surface area (Å²) in [6, 6.07) is 31.7. The van der Waals surface area contributed by atoms with E-state index in [1.165, 1.54) is 50.1 Å². The van der Waals surface area contributed by atoms with Crippen LogP contribution in [0.15, 0.2) is 111 Å². The number of amidine groups is 4. The van der Waals surface area contributed by atoms with E-state index < -0.39 is 0 Å². The third-order valence-corrected chi connectivity index (χ3v) is 8.61. The van der Waals surface area contributed by atoms with Gasteiger partial charge in [-0.15, -0.1) is 0 Å². The van der Waals surface area contributed by atoms with Gasteiger partial charge in [-0.05, 0) is 70.4 Å². The molecule has 4 aliphatic rings. The zero-order chi connectivity index (χ0) is 35.1. The second-order valence-electron chi connectivity index (χ2n) is 12.9. The van der Waals surface area contributed by atoms with Crippen molar-refractivity contribution in [3.63, 3.8) is 0 Å². The zero-order valence-electron chi connectivity index (χ0n) is 30.3. The molecule has 8 heteroatoms.